The van der Waals surface area contributed by atoms with E-state index < -0.39 is 17.8 Å². The van der Waals surface area contributed by atoms with Crippen molar-refractivity contribution in [3.8, 4) is 0 Å². The SMILES string of the molecule is Cc1cc(C(F)(F)F)n2nc(C(=O)Nc3nc(C)c(C)s3)c(Cl)c2n1. The molecule has 0 saturated carbocycles. The lowest BCUT2D eigenvalue weighted by molar-refractivity contribution is -0.142. The van der Waals surface area contributed by atoms with Gasteiger partial charge in [-0.05, 0) is 26.8 Å². The Hall–Kier alpha value is -2.20. The highest BCUT2D eigenvalue weighted by Gasteiger charge is 2.36. The summed E-state index contributed by atoms with van der Waals surface area (Å²) < 4.78 is 40.1. The van der Waals surface area contributed by atoms with Crippen molar-refractivity contribution >= 4 is 39.6 Å². The number of carbonyl (C=O) groups is 1. The Kier molecular flexibility index (Phi) is 4.20. The summed E-state index contributed by atoms with van der Waals surface area (Å²) in [7, 11) is 0. The van der Waals surface area contributed by atoms with E-state index in [4.69, 9.17) is 11.6 Å². The standard InChI is InChI=1S/C14H11ClF3N5OS/c1-5-4-8(14(16,17)18)23-11(19-5)9(15)10(22-23)12(24)21-13-20-6(2)7(3)25-13/h4H,1-3H3,(H,20,21,24). The van der Waals surface area contributed by atoms with E-state index in [0.29, 0.717) is 9.65 Å². The molecule has 0 aromatic carbocycles. The van der Waals surface area contributed by atoms with Crippen molar-refractivity contribution in [1.29, 1.82) is 0 Å². The molecule has 6 nitrogen and oxygen atoms in total. The quantitative estimate of drug-likeness (QED) is 0.718. The Labute approximate surface area is 148 Å². The van der Waals surface area contributed by atoms with E-state index in [1.54, 1.807) is 6.92 Å². The summed E-state index contributed by atoms with van der Waals surface area (Å²) >= 11 is 7.30. The van der Waals surface area contributed by atoms with Gasteiger partial charge in [0.05, 0.1) is 5.69 Å². The fourth-order valence-corrected chi connectivity index (χ4v) is 3.20. The number of hydrogen-bond acceptors (Lipinski definition) is 5. The van der Waals surface area contributed by atoms with Crippen molar-refractivity contribution in [2.24, 2.45) is 0 Å². The minimum absolute atomic E-state index is 0.111. The highest BCUT2D eigenvalue weighted by molar-refractivity contribution is 7.15. The number of anilines is 1. The Bertz CT molecular complexity index is 975. The number of thiazole rings is 1. The molecule has 3 heterocycles. The Morgan fingerprint density at radius 1 is 1.28 bits per heavy atom. The van der Waals surface area contributed by atoms with Crippen LogP contribution < -0.4 is 5.32 Å². The van der Waals surface area contributed by atoms with E-state index >= 15 is 0 Å². The molecular weight excluding hydrogens is 379 g/mol. The van der Waals surface area contributed by atoms with Gasteiger partial charge in [0.2, 0.25) is 0 Å². The maximum atomic E-state index is 13.2. The number of fused-ring (bicyclic) bond motifs is 1. The predicted octanol–water partition coefficient (Wildman–Crippen LogP) is 4.04. The summed E-state index contributed by atoms with van der Waals surface area (Å²) in [6.07, 6.45) is -4.67. The first-order valence-corrected chi connectivity index (χ1v) is 8.16. The molecule has 0 radical (unpaired) electrons. The second kappa shape index (κ2) is 5.95. The Morgan fingerprint density at radius 2 is 1.96 bits per heavy atom. The molecule has 25 heavy (non-hydrogen) atoms. The third kappa shape index (κ3) is 3.19. The highest BCUT2D eigenvalue weighted by Crippen LogP contribution is 2.32. The zero-order valence-electron chi connectivity index (χ0n) is 13.2. The number of nitrogens with one attached hydrogen (secondary N) is 1. The van der Waals surface area contributed by atoms with Gasteiger partial charge in [-0.15, -0.1) is 11.3 Å². The largest absolute Gasteiger partial charge is 0.433 e. The maximum absolute atomic E-state index is 13.2. The lowest BCUT2D eigenvalue weighted by Crippen LogP contribution is -2.15. The number of aryl methyl sites for hydroxylation is 3. The number of rotatable bonds is 2. The number of hydrogen-bond donors (Lipinski definition) is 1. The number of amides is 1. The molecule has 11 heteroatoms. The highest BCUT2D eigenvalue weighted by atomic mass is 35.5. The fraction of sp³-hybridized carbons (Fsp3) is 0.286. The smallest absolute Gasteiger partial charge is 0.296 e. The molecule has 3 aromatic rings. The van der Waals surface area contributed by atoms with Crippen LogP contribution in [0.15, 0.2) is 6.07 Å². The van der Waals surface area contributed by atoms with Crippen LogP contribution in [0.25, 0.3) is 5.65 Å². The van der Waals surface area contributed by atoms with Gasteiger partial charge in [-0.25, -0.2) is 14.5 Å². The van der Waals surface area contributed by atoms with Gasteiger partial charge in [-0.2, -0.15) is 18.3 Å². The monoisotopic (exact) mass is 389 g/mol. The van der Waals surface area contributed by atoms with Crippen molar-refractivity contribution in [2.75, 3.05) is 5.32 Å². The van der Waals surface area contributed by atoms with Crippen LogP contribution in [0.5, 0.6) is 0 Å². The molecule has 1 N–H and O–H groups in total. The average molecular weight is 390 g/mol. The van der Waals surface area contributed by atoms with Gasteiger partial charge in [0.25, 0.3) is 5.91 Å². The first-order valence-electron chi connectivity index (χ1n) is 6.96. The molecule has 132 valence electrons. The molecular formula is C14H11ClF3N5OS. The van der Waals surface area contributed by atoms with Crippen molar-refractivity contribution in [3.63, 3.8) is 0 Å². The van der Waals surface area contributed by atoms with Crippen molar-refractivity contribution in [1.82, 2.24) is 19.6 Å². The summed E-state index contributed by atoms with van der Waals surface area (Å²) in [5.41, 5.74) is -0.781. The number of halogens is 4. The molecule has 0 saturated heterocycles. The van der Waals surface area contributed by atoms with Gasteiger partial charge in [-0.3, -0.25) is 10.1 Å². The lowest BCUT2D eigenvalue weighted by atomic mass is 10.3. The number of alkyl halides is 3. The summed E-state index contributed by atoms with van der Waals surface area (Å²) in [5, 5.41) is 6.27. The van der Waals surface area contributed by atoms with Crippen LogP contribution in [0, 0.1) is 20.8 Å². The maximum Gasteiger partial charge on any atom is 0.433 e. The first kappa shape index (κ1) is 17.6. The number of nitrogens with zero attached hydrogens (tertiary/aromatic N) is 4. The molecule has 0 aliphatic carbocycles. The normalized spacial score (nSPS) is 12.0. The van der Waals surface area contributed by atoms with Crippen LogP contribution in [0.4, 0.5) is 18.3 Å². The third-order valence-electron chi connectivity index (χ3n) is 3.42. The summed E-state index contributed by atoms with van der Waals surface area (Å²) in [6.45, 7) is 5.02. The molecule has 3 aromatic heterocycles. The molecule has 1 amide bonds. The fourth-order valence-electron chi connectivity index (χ4n) is 2.14. The zero-order valence-corrected chi connectivity index (χ0v) is 14.8. The van der Waals surface area contributed by atoms with Crippen LogP contribution in [0.3, 0.4) is 0 Å². The van der Waals surface area contributed by atoms with Crippen LogP contribution in [0.1, 0.15) is 32.4 Å². The van der Waals surface area contributed by atoms with Gasteiger partial charge in [0.15, 0.2) is 16.5 Å². The Morgan fingerprint density at radius 3 is 2.52 bits per heavy atom. The minimum atomic E-state index is -4.67. The minimum Gasteiger partial charge on any atom is -0.296 e. The molecule has 0 aliphatic heterocycles. The van der Waals surface area contributed by atoms with Gasteiger partial charge >= 0.3 is 6.18 Å². The van der Waals surface area contributed by atoms with Crippen molar-refractivity contribution < 1.29 is 18.0 Å². The Balaban J connectivity index is 2.08. The molecule has 0 bridgehead atoms. The topological polar surface area (TPSA) is 72.2 Å². The van der Waals surface area contributed by atoms with Crippen molar-refractivity contribution in [2.45, 2.75) is 26.9 Å². The molecule has 0 unspecified atom stereocenters. The summed E-state index contributed by atoms with van der Waals surface area (Å²) in [5.74, 6) is -0.755. The van der Waals surface area contributed by atoms with Crippen LogP contribution >= 0.6 is 22.9 Å². The van der Waals surface area contributed by atoms with Crippen LogP contribution in [0.2, 0.25) is 5.02 Å². The van der Waals surface area contributed by atoms with Gasteiger partial charge in [0.1, 0.15) is 10.7 Å². The molecule has 0 spiro atoms. The number of carbonyl (C=O) groups excluding carboxylic acids is 1. The second-order valence-electron chi connectivity index (χ2n) is 5.29. The summed E-state index contributed by atoms with van der Waals surface area (Å²) in [6, 6.07) is 0.839. The van der Waals surface area contributed by atoms with E-state index in [-0.39, 0.29) is 22.1 Å². The van der Waals surface area contributed by atoms with E-state index in [9.17, 15) is 18.0 Å². The average Bonchev–Trinajstić information content (AvgIpc) is 2.98. The van der Waals surface area contributed by atoms with Gasteiger partial charge in [0, 0.05) is 10.6 Å². The third-order valence-corrected chi connectivity index (χ3v) is 4.75. The van der Waals surface area contributed by atoms with E-state index in [1.807, 2.05) is 6.92 Å². The van der Waals surface area contributed by atoms with Crippen molar-refractivity contribution in [3.05, 3.63) is 38.7 Å². The predicted molar refractivity (Wildman–Crippen MR) is 87.3 cm³/mol. The molecule has 0 atom stereocenters. The van der Waals surface area contributed by atoms with E-state index in [2.05, 4.69) is 20.4 Å². The summed E-state index contributed by atoms with van der Waals surface area (Å²) in [4.78, 5) is 21.4. The van der Waals surface area contributed by atoms with Gasteiger partial charge < -0.3 is 0 Å². The van der Waals surface area contributed by atoms with E-state index in [0.717, 1.165) is 16.6 Å². The molecule has 3 rings (SSSR count). The molecule has 0 aliphatic rings. The van der Waals surface area contributed by atoms with Crippen LogP contribution in [-0.2, 0) is 6.18 Å². The number of aromatic nitrogens is 4. The molecule has 0 fully saturated rings. The lowest BCUT2D eigenvalue weighted by Gasteiger charge is -2.09. The van der Waals surface area contributed by atoms with Crippen LogP contribution in [-0.4, -0.2) is 25.5 Å². The van der Waals surface area contributed by atoms with E-state index in [1.165, 1.54) is 18.3 Å². The second-order valence-corrected chi connectivity index (χ2v) is 6.87. The zero-order chi connectivity index (χ0) is 18.5. The van der Waals surface area contributed by atoms with Gasteiger partial charge in [-0.1, -0.05) is 11.6 Å². The first-order chi connectivity index (χ1) is 11.6.